The van der Waals surface area contributed by atoms with E-state index in [9.17, 15) is 4.79 Å². The van der Waals surface area contributed by atoms with Crippen LogP contribution in [0, 0.1) is 5.92 Å². The fourth-order valence-electron chi connectivity index (χ4n) is 3.63. The third-order valence-electron chi connectivity index (χ3n) is 5.33. The van der Waals surface area contributed by atoms with Gasteiger partial charge in [0.05, 0.1) is 0 Å². The van der Waals surface area contributed by atoms with E-state index < -0.39 is 0 Å². The maximum atomic E-state index is 12.1. The van der Waals surface area contributed by atoms with Gasteiger partial charge in [-0.3, -0.25) is 4.79 Å². The standard InChI is InChI=1S/C18H25BrN2O.ClH/c19-16-5-3-15(4-6-16)18(9-1-10-18)13-21-17(22)7-2-14-8-11-20-12-14;/h3-6,14,20H,1-2,7-13H2,(H,21,22);1H. The average molecular weight is 402 g/mol. The zero-order valence-electron chi connectivity index (χ0n) is 13.4. The van der Waals surface area contributed by atoms with E-state index in [1.165, 1.54) is 31.2 Å². The van der Waals surface area contributed by atoms with Crippen LogP contribution < -0.4 is 10.6 Å². The highest BCUT2D eigenvalue weighted by Gasteiger charge is 2.38. The fraction of sp³-hybridized carbons (Fsp3) is 0.611. The van der Waals surface area contributed by atoms with Gasteiger partial charge in [0.15, 0.2) is 0 Å². The minimum absolute atomic E-state index is 0. The summed E-state index contributed by atoms with van der Waals surface area (Å²) in [6.45, 7) is 2.98. The molecule has 1 aliphatic carbocycles. The zero-order valence-corrected chi connectivity index (χ0v) is 15.8. The maximum absolute atomic E-state index is 12.1. The van der Waals surface area contributed by atoms with Gasteiger partial charge in [-0.15, -0.1) is 12.4 Å². The Morgan fingerprint density at radius 3 is 2.61 bits per heavy atom. The van der Waals surface area contributed by atoms with Gasteiger partial charge in [-0.25, -0.2) is 0 Å². The Bertz CT molecular complexity index is 510. The van der Waals surface area contributed by atoms with Gasteiger partial charge in [-0.2, -0.15) is 0 Å². The molecule has 1 amide bonds. The van der Waals surface area contributed by atoms with E-state index in [-0.39, 0.29) is 23.7 Å². The lowest BCUT2D eigenvalue weighted by Gasteiger charge is -2.42. The monoisotopic (exact) mass is 400 g/mol. The van der Waals surface area contributed by atoms with Crippen molar-refractivity contribution in [3.05, 3.63) is 34.3 Å². The van der Waals surface area contributed by atoms with Gasteiger partial charge in [0.2, 0.25) is 5.91 Å². The van der Waals surface area contributed by atoms with Gasteiger partial charge in [-0.05, 0) is 62.4 Å². The van der Waals surface area contributed by atoms with Crippen molar-refractivity contribution in [3.8, 4) is 0 Å². The first-order valence-corrected chi connectivity index (χ1v) is 9.21. The lowest BCUT2D eigenvalue weighted by molar-refractivity contribution is -0.121. The summed E-state index contributed by atoms with van der Waals surface area (Å²) in [5.74, 6) is 0.908. The second-order valence-corrected chi connectivity index (χ2v) is 7.73. The summed E-state index contributed by atoms with van der Waals surface area (Å²) in [7, 11) is 0. The molecule has 3 nitrogen and oxygen atoms in total. The highest BCUT2D eigenvalue weighted by Crippen LogP contribution is 2.43. The number of carbonyl (C=O) groups excluding carboxylic acids is 1. The fourth-order valence-corrected chi connectivity index (χ4v) is 3.89. The van der Waals surface area contributed by atoms with Gasteiger partial charge in [0.25, 0.3) is 0 Å². The molecule has 23 heavy (non-hydrogen) atoms. The summed E-state index contributed by atoms with van der Waals surface area (Å²) >= 11 is 3.49. The summed E-state index contributed by atoms with van der Waals surface area (Å²) in [4.78, 5) is 12.1. The highest BCUT2D eigenvalue weighted by atomic mass is 79.9. The number of benzene rings is 1. The van der Waals surface area contributed by atoms with Crippen molar-refractivity contribution in [3.63, 3.8) is 0 Å². The number of hydrogen-bond acceptors (Lipinski definition) is 2. The molecule has 1 heterocycles. The van der Waals surface area contributed by atoms with Crippen LogP contribution >= 0.6 is 28.3 Å². The van der Waals surface area contributed by atoms with Crippen molar-refractivity contribution in [1.29, 1.82) is 0 Å². The van der Waals surface area contributed by atoms with Crippen molar-refractivity contribution >= 4 is 34.2 Å². The van der Waals surface area contributed by atoms with Crippen molar-refractivity contribution in [2.45, 2.75) is 43.9 Å². The van der Waals surface area contributed by atoms with Gasteiger partial charge in [-0.1, -0.05) is 34.5 Å². The molecule has 1 aromatic carbocycles. The minimum Gasteiger partial charge on any atom is -0.355 e. The largest absolute Gasteiger partial charge is 0.355 e. The molecule has 1 saturated heterocycles. The molecule has 2 aliphatic rings. The number of hydrogen-bond donors (Lipinski definition) is 2. The van der Waals surface area contributed by atoms with E-state index in [1.54, 1.807) is 0 Å². The normalized spacial score (nSPS) is 22.0. The second-order valence-electron chi connectivity index (χ2n) is 6.82. The number of carbonyl (C=O) groups is 1. The van der Waals surface area contributed by atoms with Crippen LogP contribution in [0.3, 0.4) is 0 Å². The Morgan fingerprint density at radius 1 is 1.30 bits per heavy atom. The number of nitrogens with one attached hydrogen (secondary N) is 2. The Kier molecular flexibility index (Phi) is 6.93. The van der Waals surface area contributed by atoms with E-state index in [2.05, 4.69) is 50.8 Å². The summed E-state index contributed by atoms with van der Waals surface area (Å²) in [5.41, 5.74) is 1.54. The molecule has 0 radical (unpaired) electrons. The number of amides is 1. The first-order valence-electron chi connectivity index (χ1n) is 8.41. The molecule has 0 aromatic heterocycles. The van der Waals surface area contributed by atoms with Crippen LogP contribution in [0.1, 0.15) is 44.1 Å². The Morgan fingerprint density at radius 2 is 2.04 bits per heavy atom. The molecular weight excluding hydrogens is 376 g/mol. The van der Waals surface area contributed by atoms with Crippen LogP contribution in [-0.4, -0.2) is 25.5 Å². The maximum Gasteiger partial charge on any atom is 0.220 e. The molecule has 2 N–H and O–H groups in total. The molecular formula is C18H26BrClN2O. The highest BCUT2D eigenvalue weighted by molar-refractivity contribution is 9.10. The molecule has 0 bridgehead atoms. The van der Waals surface area contributed by atoms with Crippen LogP contribution in [0.5, 0.6) is 0 Å². The lowest BCUT2D eigenvalue weighted by atomic mass is 9.64. The average Bonchev–Trinajstić information content (AvgIpc) is 2.99. The molecule has 2 fully saturated rings. The van der Waals surface area contributed by atoms with Gasteiger partial charge in [0, 0.05) is 22.9 Å². The lowest BCUT2D eigenvalue weighted by Crippen LogP contribution is -2.45. The molecule has 1 aromatic rings. The quantitative estimate of drug-likeness (QED) is 0.761. The molecule has 3 rings (SSSR count). The third-order valence-corrected chi connectivity index (χ3v) is 5.86. The minimum atomic E-state index is 0. The van der Waals surface area contributed by atoms with Gasteiger partial charge >= 0.3 is 0 Å². The summed E-state index contributed by atoms with van der Waals surface area (Å²) < 4.78 is 1.11. The van der Waals surface area contributed by atoms with E-state index in [1.807, 2.05) is 0 Å². The molecule has 1 aliphatic heterocycles. The van der Waals surface area contributed by atoms with Crippen LogP contribution in [0.15, 0.2) is 28.7 Å². The molecule has 128 valence electrons. The van der Waals surface area contributed by atoms with Crippen molar-refractivity contribution in [2.24, 2.45) is 5.92 Å². The Balaban J connectivity index is 0.00000192. The smallest absolute Gasteiger partial charge is 0.220 e. The van der Waals surface area contributed by atoms with E-state index in [0.717, 1.165) is 30.5 Å². The van der Waals surface area contributed by atoms with Gasteiger partial charge in [0.1, 0.15) is 0 Å². The zero-order chi connectivity index (χ0) is 15.4. The predicted molar refractivity (Wildman–Crippen MR) is 100 cm³/mol. The van der Waals surface area contributed by atoms with Crippen LogP contribution in [0.2, 0.25) is 0 Å². The van der Waals surface area contributed by atoms with Crippen LogP contribution in [-0.2, 0) is 10.2 Å². The van der Waals surface area contributed by atoms with Crippen molar-refractivity contribution in [2.75, 3.05) is 19.6 Å². The second kappa shape index (κ2) is 8.50. The molecule has 1 atom stereocenters. The summed E-state index contributed by atoms with van der Waals surface area (Å²) in [6, 6.07) is 8.59. The Labute approximate surface area is 153 Å². The first-order chi connectivity index (χ1) is 10.7. The summed E-state index contributed by atoms with van der Waals surface area (Å²) in [6.07, 6.45) is 6.53. The first kappa shape index (κ1) is 18.8. The van der Waals surface area contributed by atoms with Crippen LogP contribution in [0.25, 0.3) is 0 Å². The molecule has 1 saturated carbocycles. The third kappa shape index (κ3) is 4.71. The van der Waals surface area contributed by atoms with Crippen LogP contribution in [0.4, 0.5) is 0 Å². The number of rotatable bonds is 6. The summed E-state index contributed by atoms with van der Waals surface area (Å²) in [5, 5.41) is 6.55. The Hall–Kier alpha value is -0.580. The molecule has 0 spiro atoms. The number of halogens is 2. The van der Waals surface area contributed by atoms with Gasteiger partial charge < -0.3 is 10.6 Å². The van der Waals surface area contributed by atoms with Crippen molar-refractivity contribution < 1.29 is 4.79 Å². The van der Waals surface area contributed by atoms with E-state index in [4.69, 9.17) is 0 Å². The molecule has 5 heteroatoms. The van der Waals surface area contributed by atoms with E-state index in [0.29, 0.717) is 12.3 Å². The van der Waals surface area contributed by atoms with Crippen molar-refractivity contribution in [1.82, 2.24) is 10.6 Å². The van der Waals surface area contributed by atoms with E-state index >= 15 is 0 Å². The molecule has 1 unspecified atom stereocenters. The topological polar surface area (TPSA) is 41.1 Å². The predicted octanol–water partition coefficient (Wildman–Crippen LogP) is 3.80. The SMILES string of the molecule is Cl.O=C(CCC1CCNC1)NCC1(c2ccc(Br)cc2)CCC1.